The summed E-state index contributed by atoms with van der Waals surface area (Å²) >= 11 is 1.32. The normalized spacial score (nSPS) is 13.4. The Morgan fingerprint density at radius 1 is 0.673 bits per heavy atom. The first kappa shape index (κ1) is 52.7. The van der Waals surface area contributed by atoms with Crippen molar-refractivity contribution in [2.75, 3.05) is 31.8 Å². The van der Waals surface area contributed by atoms with Crippen LogP contribution in [0.25, 0.3) is 0 Å². The van der Waals surface area contributed by atoms with Crippen LogP contribution in [0.3, 0.4) is 0 Å². The summed E-state index contributed by atoms with van der Waals surface area (Å²) in [6.07, 6.45) is 17.9. The number of Topliss-reactive ketones (excluding diaryl/α,β-unsaturated/α-hetero) is 1. The van der Waals surface area contributed by atoms with Crippen LogP contribution in [0, 0.1) is 5.92 Å². The van der Waals surface area contributed by atoms with Crippen molar-refractivity contribution in [1.29, 1.82) is 0 Å². The van der Waals surface area contributed by atoms with Crippen LogP contribution in [0.4, 0.5) is 4.79 Å². The summed E-state index contributed by atoms with van der Waals surface area (Å²) in [6.45, 7) is 15.2. The first-order valence-corrected chi connectivity index (χ1v) is 22.3. The van der Waals surface area contributed by atoms with Gasteiger partial charge in [0.2, 0.25) is 0 Å². The summed E-state index contributed by atoms with van der Waals surface area (Å²) in [5.74, 6) is -1.97. The number of nitrogens with one attached hydrogen (secondary N) is 1. The highest BCUT2D eigenvalue weighted by molar-refractivity contribution is 7.99. The van der Waals surface area contributed by atoms with E-state index in [0.29, 0.717) is 18.6 Å². The highest BCUT2D eigenvalue weighted by Crippen LogP contribution is 2.19. The number of hydrogen-bond donors (Lipinski definition) is 1. The molecule has 0 bridgehead atoms. The molecule has 0 aliphatic rings. The van der Waals surface area contributed by atoms with Crippen LogP contribution in [0.15, 0.2) is 0 Å². The average Bonchev–Trinajstić information content (AvgIpc) is 3.09. The number of thioether (sulfide) groups is 1. The minimum Gasteiger partial charge on any atom is -0.469 e. The summed E-state index contributed by atoms with van der Waals surface area (Å²) in [6, 6.07) is -0.964. The van der Waals surface area contributed by atoms with Crippen LogP contribution >= 0.6 is 11.8 Å². The van der Waals surface area contributed by atoms with E-state index in [1.165, 1.54) is 83.1 Å². The van der Waals surface area contributed by atoms with Gasteiger partial charge in [-0.2, -0.15) is 11.8 Å². The molecular weight excluding hydrogens is 723 g/mol. The number of esters is 3. The second kappa shape index (κ2) is 31.7. The number of unbranched alkanes of at least 4 members (excludes halogenated alkanes) is 14. The molecule has 3 atom stereocenters. The standard InChI is InChI=1S/C43H79NO10S/c1-10-12-14-16-18-19-21-22-24-26-35(53-38(46)27-25-23-20-17-15-13-11-2)31-39(47)51-28-29-55-33-36(44-41(49)54-43(6,7)8)37(45)30-34(40(48)50-9)32-52-42(3,4)5/h34-36H,10-33H2,1-9H3,(H,44,49)/t34-,35+,36-/m0/s1. The molecule has 0 unspecified atom stereocenters. The lowest BCUT2D eigenvalue weighted by Crippen LogP contribution is -2.46. The van der Waals surface area contributed by atoms with Gasteiger partial charge in [0.25, 0.3) is 0 Å². The van der Waals surface area contributed by atoms with Gasteiger partial charge >= 0.3 is 24.0 Å². The summed E-state index contributed by atoms with van der Waals surface area (Å²) < 4.78 is 27.4. The number of alkyl carbamates (subject to hydrolysis) is 1. The number of carbonyl (C=O) groups excluding carboxylic acids is 5. The van der Waals surface area contributed by atoms with Crippen LogP contribution < -0.4 is 5.32 Å². The Bertz CT molecular complexity index is 1060. The molecule has 0 aromatic rings. The monoisotopic (exact) mass is 802 g/mol. The van der Waals surface area contributed by atoms with Crippen LogP contribution in [0.5, 0.6) is 0 Å². The van der Waals surface area contributed by atoms with E-state index in [2.05, 4.69) is 19.2 Å². The number of rotatable bonds is 33. The van der Waals surface area contributed by atoms with Gasteiger partial charge in [0.15, 0.2) is 5.78 Å². The van der Waals surface area contributed by atoms with Crippen LogP contribution in [0.1, 0.15) is 184 Å². The van der Waals surface area contributed by atoms with Gasteiger partial charge in [0, 0.05) is 24.3 Å². The van der Waals surface area contributed by atoms with Crippen molar-refractivity contribution in [3.8, 4) is 0 Å². The van der Waals surface area contributed by atoms with E-state index in [1.807, 2.05) is 20.8 Å². The highest BCUT2D eigenvalue weighted by Gasteiger charge is 2.31. The maximum atomic E-state index is 13.4. The van der Waals surface area contributed by atoms with Crippen molar-refractivity contribution in [2.45, 2.75) is 207 Å². The maximum Gasteiger partial charge on any atom is 0.408 e. The molecule has 11 nitrogen and oxygen atoms in total. The predicted molar refractivity (Wildman–Crippen MR) is 221 cm³/mol. The molecule has 55 heavy (non-hydrogen) atoms. The van der Waals surface area contributed by atoms with Crippen molar-refractivity contribution in [3.05, 3.63) is 0 Å². The summed E-state index contributed by atoms with van der Waals surface area (Å²) in [7, 11) is 1.26. The molecule has 0 spiro atoms. The first-order chi connectivity index (χ1) is 26.0. The van der Waals surface area contributed by atoms with Crippen molar-refractivity contribution in [2.24, 2.45) is 5.92 Å². The Balaban J connectivity index is 5.17. The first-order valence-electron chi connectivity index (χ1n) is 21.2. The second-order valence-electron chi connectivity index (χ2n) is 16.6. The van der Waals surface area contributed by atoms with E-state index < -0.39 is 47.3 Å². The lowest BCUT2D eigenvalue weighted by molar-refractivity contribution is -0.155. The van der Waals surface area contributed by atoms with Gasteiger partial charge in [0.05, 0.1) is 37.7 Å². The summed E-state index contributed by atoms with van der Waals surface area (Å²) in [5.41, 5.74) is -1.30. The molecule has 0 aromatic carbocycles. The molecule has 0 aliphatic carbocycles. The zero-order valence-electron chi connectivity index (χ0n) is 36.2. The van der Waals surface area contributed by atoms with E-state index in [1.54, 1.807) is 20.8 Å². The van der Waals surface area contributed by atoms with Gasteiger partial charge in [-0.3, -0.25) is 19.2 Å². The molecule has 0 saturated carbocycles. The molecule has 0 rings (SSSR count). The molecule has 0 aliphatic heterocycles. The van der Waals surface area contributed by atoms with Crippen molar-refractivity contribution in [3.63, 3.8) is 0 Å². The molecule has 0 radical (unpaired) electrons. The Morgan fingerprint density at radius 3 is 1.75 bits per heavy atom. The number of carbonyl (C=O) groups is 5. The maximum absolute atomic E-state index is 13.4. The quantitative estimate of drug-likeness (QED) is 0.0385. The molecule has 1 N–H and O–H groups in total. The lowest BCUT2D eigenvalue weighted by Gasteiger charge is -2.25. The van der Waals surface area contributed by atoms with Crippen molar-refractivity contribution < 1.29 is 47.7 Å². The Kier molecular flexibility index (Phi) is 30.4. The molecule has 322 valence electrons. The predicted octanol–water partition coefficient (Wildman–Crippen LogP) is 10.1. The number of ketones is 1. The molecule has 0 fully saturated rings. The Labute approximate surface area is 338 Å². The van der Waals surface area contributed by atoms with E-state index in [-0.39, 0.29) is 43.6 Å². The Hall–Kier alpha value is -2.34. The largest absolute Gasteiger partial charge is 0.469 e. The number of methoxy groups -OCH3 is 1. The molecule has 0 saturated heterocycles. The average molecular weight is 802 g/mol. The summed E-state index contributed by atoms with van der Waals surface area (Å²) in [5, 5.41) is 2.64. The van der Waals surface area contributed by atoms with Gasteiger partial charge in [-0.15, -0.1) is 0 Å². The topological polar surface area (TPSA) is 144 Å². The van der Waals surface area contributed by atoms with Crippen molar-refractivity contribution >= 4 is 41.5 Å². The third-order valence-electron chi connectivity index (χ3n) is 8.86. The lowest BCUT2D eigenvalue weighted by atomic mass is 9.99. The summed E-state index contributed by atoms with van der Waals surface area (Å²) in [4.78, 5) is 64.2. The van der Waals surface area contributed by atoms with Gasteiger partial charge in [-0.05, 0) is 60.8 Å². The number of ether oxygens (including phenoxy) is 5. The Morgan fingerprint density at radius 2 is 1.22 bits per heavy atom. The van der Waals surface area contributed by atoms with Crippen LogP contribution in [0.2, 0.25) is 0 Å². The SMILES string of the molecule is CCCCCCCCCCC[C@H](CC(=O)OCCSC[C@H](NC(=O)OC(C)(C)C)C(=O)C[C@@H](COC(C)(C)C)C(=O)OC)OC(=O)CCCCCCCCC. The molecule has 1 amide bonds. The van der Waals surface area contributed by atoms with E-state index in [0.717, 1.165) is 38.5 Å². The fourth-order valence-electron chi connectivity index (χ4n) is 5.79. The second-order valence-corrected chi connectivity index (χ2v) is 17.8. The minimum absolute atomic E-state index is 0.00267. The number of amides is 1. The van der Waals surface area contributed by atoms with E-state index >= 15 is 0 Å². The molecule has 0 heterocycles. The van der Waals surface area contributed by atoms with Gasteiger partial charge < -0.3 is 29.0 Å². The zero-order valence-corrected chi connectivity index (χ0v) is 37.0. The fraction of sp³-hybridized carbons (Fsp3) is 0.884. The minimum atomic E-state index is -0.964. The van der Waals surface area contributed by atoms with E-state index in [4.69, 9.17) is 23.7 Å². The smallest absolute Gasteiger partial charge is 0.408 e. The number of hydrogen-bond acceptors (Lipinski definition) is 11. The molecular formula is C43H79NO10S. The van der Waals surface area contributed by atoms with Crippen LogP contribution in [-0.2, 0) is 42.9 Å². The van der Waals surface area contributed by atoms with E-state index in [9.17, 15) is 24.0 Å². The van der Waals surface area contributed by atoms with Crippen LogP contribution in [-0.4, -0.2) is 85.0 Å². The molecule has 12 heteroatoms. The third-order valence-corrected chi connectivity index (χ3v) is 9.89. The fourth-order valence-corrected chi connectivity index (χ4v) is 6.67. The van der Waals surface area contributed by atoms with Gasteiger partial charge in [0.1, 0.15) is 18.3 Å². The van der Waals surface area contributed by atoms with Gasteiger partial charge in [-0.1, -0.05) is 104 Å². The molecule has 0 aromatic heterocycles. The highest BCUT2D eigenvalue weighted by atomic mass is 32.2. The van der Waals surface area contributed by atoms with Gasteiger partial charge in [-0.25, -0.2) is 4.79 Å². The third kappa shape index (κ3) is 32.4. The zero-order chi connectivity index (χ0) is 41.5. The van der Waals surface area contributed by atoms with Crippen molar-refractivity contribution in [1.82, 2.24) is 5.32 Å².